The molecule has 25 heavy (non-hydrogen) atoms. The van der Waals surface area contributed by atoms with Gasteiger partial charge in [-0.15, -0.1) is 0 Å². The highest BCUT2D eigenvalue weighted by Crippen LogP contribution is 2.29. The number of non-ortho nitro benzene ring substituents is 2. The van der Waals surface area contributed by atoms with Gasteiger partial charge in [-0.05, 0) is 12.1 Å². The molecule has 0 radical (unpaired) electrons. The molecule has 0 saturated heterocycles. The third-order valence-corrected chi connectivity index (χ3v) is 3.54. The second-order valence-electron chi connectivity index (χ2n) is 5.12. The molecule has 10 heteroatoms. The minimum Gasteiger partial charge on any atom is -0.324 e. The summed E-state index contributed by atoms with van der Waals surface area (Å²) in [6.07, 6.45) is 0. The fourth-order valence-corrected chi connectivity index (χ4v) is 2.42. The van der Waals surface area contributed by atoms with Crippen molar-refractivity contribution in [2.45, 2.75) is 0 Å². The van der Waals surface area contributed by atoms with Crippen LogP contribution >= 0.6 is 0 Å². The van der Waals surface area contributed by atoms with Crippen LogP contribution in [-0.4, -0.2) is 28.0 Å². The van der Waals surface area contributed by atoms with E-state index in [0.717, 1.165) is 24.3 Å². The van der Waals surface area contributed by atoms with Gasteiger partial charge in [-0.2, -0.15) is 0 Å². The van der Waals surface area contributed by atoms with Crippen LogP contribution in [0.15, 0.2) is 41.4 Å². The number of halogens is 1. The number of benzodiazepines with no additional fused rings is 1. The van der Waals surface area contributed by atoms with E-state index in [1.807, 2.05) is 0 Å². The molecule has 1 N–H and O–H groups in total. The highest BCUT2D eigenvalue weighted by molar-refractivity contribution is 6.19. The van der Waals surface area contributed by atoms with Crippen LogP contribution in [0.1, 0.15) is 11.1 Å². The number of hydrogen-bond donors (Lipinski definition) is 1. The molecule has 0 aliphatic carbocycles. The smallest absolute Gasteiger partial charge is 0.270 e. The Labute approximate surface area is 139 Å². The lowest BCUT2D eigenvalue weighted by Crippen LogP contribution is -2.13. The number of carbonyl (C=O) groups is 1. The van der Waals surface area contributed by atoms with E-state index in [1.54, 1.807) is 0 Å². The molecule has 2 aromatic rings. The zero-order chi connectivity index (χ0) is 18.1. The van der Waals surface area contributed by atoms with Crippen molar-refractivity contribution in [3.05, 3.63) is 73.6 Å². The van der Waals surface area contributed by atoms with Gasteiger partial charge in [0.2, 0.25) is 5.91 Å². The maximum absolute atomic E-state index is 14.3. The van der Waals surface area contributed by atoms with Gasteiger partial charge in [-0.3, -0.25) is 30.0 Å². The average Bonchev–Trinajstić information content (AvgIpc) is 2.72. The number of aliphatic imine (C=N–C) groups is 1. The average molecular weight is 344 g/mol. The Kier molecular flexibility index (Phi) is 3.93. The first-order valence-electron chi connectivity index (χ1n) is 6.94. The molecular formula is C15H9FN4O5. The normalized spacial score (nSPS) is 13.3. The lowest BCUT2D eigenvalue weighted by molar-refractivity contribution is -0.385. The zero-order valence-electron chi connectivity index (χ0n) is 12.4. The van der Waals surface area contributed by atoms with Gasteiger partial charge in [0.1, 0.15) is 12.4 Å². The number of nitro benzene ring substituents is 2. The fourth-order valence-electron chi connectivity index (χ4n) is 2.42. The van der Waals surface area contributed by atoms with Crippen LogP contribution in [0.25, 0.3) is 0 Å². The predicted octanol–water partition coefficient (Wildman–Crippen LogP) is 2.43. The van der Waals surface area contributed by atoms with Crippen LogP contribution in [0.4, 0.5) is 21.5 Å². The van der Waals surface area contributed by atoms with E-state index < -0.39 is 21.6 Å². The monoisotopic (exact) mass is 344 g/mol. The maximum atomic E-state index is 14.3. The summed E-state index contributed by atoms with van der Waals surface area (Å²) in [5, 5.41) is 24.5. The molecule has 1 amide bonds. The van der Waals surface area contributed by atoms with Gasteiger partial charge in [-0.1, -0.05) is 0 Å². The summed E-state index contributed by atoms with van der Waals surface area (Å²) < 4.78 is 14.3. The molecule has 0 bridgehead atoms. The lowest BCUT2D eigenvalue weighted by Gasteiger charge is -2.10. The molecule has 0 aromatic heterocycles. The van der Waals surface area contributed by atoms with E-state index in [2.05, 4.69) is 10.3 Å². The quantitative estimate of drug-likeness (QED) is 0.675. The Hall–Kier alpha value is -3.69. The van der Waals surface area contributed by atoms with E-state index in [-0.39, 0.29) is 40.4 Å². The van der Waals surface area contributed by atoms with Crippen molar-refractivity contribution in [3.8, 4) is 0 Å². The minimum atomic E-state index is -0.795. The van der Waals surface area contributed by atoms with Crippen molar-refractivity contribution in [1.29, 1.82) is 0 Å². The van der Waals surface area contributed by atoms with Crippen molar-refractivity contribution < 1.29 is 19.0 Å². The summed E-state index contributed by atoms with van der Waals surface area (Å²) in [7, 11) is 0. The Morgan fingerprint density at radius 3 is 2.24 bits per heavy atom. The molecule has 0 atom stereocenters. The number of nitrogens with zero attached hydrogens (tertiary/aromatic N) is 3. The molecular weight excluding hydrogens is 335 g/mol. The van der Waals surface area contributed by atoms with Crippen LogP contribution in [0.5, 0.6) is 0 Å². The number of fused-ring (bicyclic) bond motifs is 1. The van der Waals surface area contributed by atoms with Crippen molar-refractivity contribution in [3.63, 3.8) is 0 Å². The molecule has 0 unspecified atom stereocenters. The largest absolute Gasteiger partial charge is 0.324 e. The second kappa shape index (κ2) is 6.07. The summed E-state index contributed by atoms with van der Waals surface area (Å²) in [6, 6.07) is 6.51. The highest BCUT2D eigenvalue weighted by atomic mass is 19.1. The van der Waals surface area contributed by atoms with Crippen molar-refractivity contribution in [1.82, 2.24) is 0 Å². The van der Waals surface area contributed by atoms with Crippen LogP contribution < -0.4 is 5.32 Å². The molecule has 3 rings (SSSR count). The topological polar surface area (TPSA) is 128 Å². The van der Waals surface area contributed by atoms with Gasteiger partial charge in [0.05, 0.1) is 21.2 Å². The van der Waals surface area contributed by atoms with Crippen LogP contribution in [0, 0.1) is 26.0 Å². The summed E-state index contributed by atoms with van der Waals surface area (Å²) in [6.45, 7) is -0.347. The van der Waals surface area contributed by atoms with E-state index in [1.165, 1.54) is 12.1 Å². The number of amides is 1. The van der Waals surface area contributed by atoms with Crippen LogP contribution in [0.2, 0.25) is 0 Å². The first-order chi connectivity index (χ1) is 11.9. The van der Waals surface area contributed by atoms with E-state index in [4.69, 9.17) is 0 Å². The van der Waals surface area contributed by atoms with Gasteiger partial charge in [0, 0.05) is 35.4 Å². The Morgan fingerprint density at radius 1 is 1.00 bits per heavy atom. The number of anilines is 1. The van der Waals surface area contributed by atoms with Gasteiger partial charge in [-0.25, -0.2) is 4.39 Å². The number of nitrogens with one attached hydrogen (secondary N) is 1. The van der Waals surface area contributed by atoms with Gasteiger partial charge >= 0.3 is 0 Å². The SMILES string of the molecule is O=C1CN=C(c2cc([N+](=O)[O-])ccc2F)c2cc([N+](=O)[O-])ccc2N1. The summed E-state index contributed by atoms with van der Waals surface area (Å²) in [5.41, 5.74) is -0.619. The zero-order valence-corrected chi connectivity index (χ0v) is 12.4. The lowest BCUT2D eigenvalue weighted by atomic mass is 9.99. The fraction of sp³-hybridized carbons (Fsp3) is 0.0667. The first-order valence-corrected chi connectivity index (χ1v) is 6.94. The standard InChI is InChI=1S/C15H9FN4O5/c16-12-3-1-8(19(22)23)5-10(12)15-11-6-9(20(24)25)2-4-13(11)18-14(21)7-17-15/h1-6H,7H2,(H,18,21). The molecule has 2 aromatic carbocycles. The van der Waals surface area contributed by atoms with E-state index in [9.17, 15) is 29.4 Å². The molecule has 126 valence electrons. The molecule has 9 nitrogen and oxygen atoms in total. The summed E-state index contributed by atoms with van der Waals surface area (Å²) in [4.78, 5) is 36.4. The molecule has 1 heterocycles. The Balaban J connectivity index is 2.25. The van der Waals surface area contributed by atoms with Gasteiger partial charge < -0.3 is 5.32 Å². The van der Waals surface area contributed by atoms with Crippen molar-refractivity contribution >= 4 is 28.7 Å². The number of hydrogen-bond acceptors (Lipinski definition) is 6. The van der Waals surface area contributed by atoms with E-state index in [0.29, 0.717) is 0 Å². The Bertz CT molecular complexity index is 957. The minimum absolute atomic E-state index is 0.0711. The third-order valence-electron chi connectivity index (χ3n) is 3.54. The Morgan fingerprint density at radius 2 is 1.60 bits per heavy atom. The van der Waals surface area contributed by atoms with Gasteiger partial charge in [0.25, 0.3) is 11.4 Å². The summed E-state index contributed by atoms with van der Waals surface area (Å²) in [5.74, 6) is -1.29. The number of nitro groups is 2. The third kappa shape index (κ3) is 3.04. The predicted molar refractivity (Wildman–Crippen MR) is 85.3 cm³/mol. The highest BCUT2D eigenvalue weighted by Gasteiger charge is 2.24. The van der Waals surface area contributed by atoms with E-state index >= 15 is 0 Å². The maximum Gasteiger partial charge on any atom is 0.270 e. The molecule has 0 saturated carbocycles. The molecule has 1 aliphatic heterocycles. The molecule has 0 fully saturated rings. The number of benzene rings is 2. The number of carbonyl (C=O) groups excluding carboxylic acids is 1. The van der Waals surface area contributed by atoms with Crippen LogP contribution in [0.3, 0.4) is 0 Å². The number of rotatable bonds is 3. The van der Waals surface area contributed by atoms with Crippen LogP contribution in [-0.2, 0) is 4.79 Å². The molecule has 1 aliphatic rings. The molecule has 0 spiro atoms. The van der Waals surface area contributed by atoms with Crippen molar-refractivity contribution in [2.24, 2.45) is 4.99 Å². The van der Waals surface area contributed by atoms with Gasteiger partial charge in [0.15, 0.2) is 0 Å². The van der Waals surface area contributed by atoms with Crippen molar-refractivity contribution in [2.75, 3.05) is 11.9 Å². The first kappa shape index (κ1) is 16.2. The summed E-state index contributed by atoms with van der Waals surface area (Å²) >= 11 is 0. The second-order valence-corrected chi connectivity index (χ2v) is 5.12.